The quantitative estimate of drug-likeness (QED) is 0.857. The maximum absolute atomic E-state index is 12.5. The fourth-order valence-electron chi connectivity index (χ4n) is 2.20. The third-order valence-electron chi connectivity index (χ3n) is 3.23. The summed E-state index contributed by atoms with van der Waals surface area (Å²) in [5.74, 6) is -2.28. The Morgan fingerprint density at radius 2 is 1.55 bits per heavy atom. The first-order valence-electron chi connectivity index (χ1n) is 6.63. The molecule has 22 heavy (non-hydrogen) atoms. The lowest BCUT2D eigenvalue weighted by molar-refractivity contribution is -0.145. The van der Waals surface area contributed by atoms with Gasteiger partial charge in [-0.25, -0.2) is 0 Å². The highest BCUT2D eigenvalue weighted by Gasteiger charge is 2.44. The van der Waals surface area contributed by atoms with Crippen LogP contribution in [0.1, 0.15) is 13.8 Å². The van der Waals surface area contributed by atoms with Crippen LogP contribution in [0.4, 0.5) is 5.69 Å². The van der Waals surface area contributed by atoms with Crippen LogP contribution in [0.15, 0.2) is 40.4 Å². The van der Waals surface area contributed by atoms with Crippen molar-refractivity contribution in [1.29, 1.82) is 0 Å². The van der Waals surface area contributed by atoms with Crippen molar-refractivity contribution in [3.8, 4) is 0 Å². The van der Waals surface area contributed by atoms with Gasteiger partial charge in [0.15, 0.2) is 0 Å². The molecule has 2 rings (SSSR count). The highest BCUT2D eigenvalue weighted by molar-refractivity contribution is 6.58. The van der Waals surface area contributed by atoms with Gasteiger partial charge in [0, 0.05) is 5.69 Å². The number of hydrogen-bond donors (Lipinski definition) is 1. The summed E-state index contributed by atoms with van der Waals surface area (Å²) in [5, 5.41) is 1.97. The Labute approximate surface area is 137 Å². The molecule has 0 fully saturated rings. The maximum Gasteiger partial charge on any atom is 0.274 e. The van der Waals surface area contributed by atoms with E-state index in [-0.39, 0.29) is 16.0 Å². The molecule has 1 atom stereocenters. The normalized spacial score (nSPS) is 16.5. The van der Waals surface area contributed by atoms with Crippen molar-refractivity contribution < 1.29 is 14.4 Å². The molecule has 0 aromatic heterocycles. The van der Waals surface area contributed by atoms with Crippen molar-refractivity contribution in [3.05, 3.63) is 40.4 Å². The Bertz CT molecular complexity index is 632. The van der Waals surface area contributed by atoms with Crippen LogP contribution in [-0.2, 0) is 14.4 Å². The van der Waals surface area contributed by atoms with Crippen molar-refractivity contribution in [2.75, 3.05) is 5.32 Å². The van der Waals surface area contributed by atoms with Gasteiger partial charge < -0.3 is 5.32 Å². The summed E-state index contributed by atoms with van der Waals surface area (Å²) in [6.45, 7) is 3.46. The number of rotatable bonds is 4. The molecule has 0 aliphatic carbocycles. The molecule has 1 aromatic rings. The van der Waals surface area contributed by atoms with E-state index in [0.29, 0.717) is 5.69 Å². The van der Waals surface area contributed by atoms with E-state index < -0.39 is 23.8 Å². The number of anilines is 1. The molecule has 0 saturated heterocycles. The third kappa shape index (κ3) is 3.00. The molecule has 1 aliphatic rings. The molecule has 7 heteroatoms. The van der Waals surface area contributed by atoms with Crippen LogP contribution in [-0.4, -0.2) is 28.7 Å². The zero-order valence-electron chi connectivity index (χ0n) is 12.0. The zero-order chi connectivity index (χ0) is 16.4. The van der Waals surface area contributed by atoms with Gasteiger partial charge in [-0.2, -0.15) is 0 Å². The van der Waals surface area contributed by atoms with Crippen molar-refractivity contribution in [1.82, 2.24) is 4.90 Å². The number of carbonyl (C=O) groups excluding carboxylic acids is 3. The molecule has 1 aliphatic heterocycles. The summed E-state index contributed by atoms with van der Waals surface area (Å²) < 4.78 is 0. The summed E-state index contributed by atoms with van der Waals surface area (Å²) in [6, 6.07) is 7.77. The lowest BCUT2D eigenvalue weighted by Gasteiger charge is -2.28. The van der Waals surface area contributed by atoms with E-state index in [1.54, 1.807) is 38.1 Å². The minimum atomic E-state index is -0.995. The lowest BCUT2D eigenvalue weighted by atomic mass is 10.0. The average molecular weight is 341 g/mol. The SMILES string of the molecule is CC(C)[C@@H](C(=O)Nc1ccccc1)N1C(=O)C(Cl)=C(Cl)C1=O. The number of carbonyl (C=O) groups is 3. The summed E-state index contributed by atoms with van der Waals surface area (Å²) in [5.41, 5.74) is 0.572. The van der Waals surface area contributed by atoms with Crippen LogP contribution in [0.2, 0.25) is 0 Å². The predicted molar refractivity (Wildman–Crippen MR) is 84.3 cm³/mol. The first-order chi connectivity index (χ1) is 10.3. The maximum atomic E-state index is 12.5. The highest BCUT2D eigenvalue weighted by Crippen LogP contribution is 2.30. The highest BCUT2D eigenvalue weighted by atomic mass is 35.5. The number of nitrogens with zero attached hydrogens (tertiary/aromatic N) is 1. The second-order valence-corrected chi connectivity index (χ2v) is 5.91. The van der Waals surface area contributed by atoms with Gasteiger partial charge in [0.1, 0.15) is 16.1 Å². The first kappa shape index (κ1) is 16.5. The van der Waals surface area contributed by atoms with E-state index in [9.17, 15) is 14.4 Å². The van der Waals surface area contributed by atoms with Gasteiger partial charge in [-0.15, -0.1) is 0 Å². The number of nitrogens with one attached hydrogen (secondary N) is 1. The molecule has 1 N–H and O–H groups in total. The molecule has 1 aromatic carbocycles. The van der Waals surface area contributed by atoms with E-state index in [2.05, 4.69) is 5.32 Å². The molecule has 1 heterocycles. The summed E-state index contributed by atoms with van der Waals surface area (Å²) >= 11 is 11.4. The summed E-state index contributed by atoms with van der Waals surface area (Å²) in [7, 11) is 0. The third-order valence-corrected chi connectivity index (χ3v) is 4.02. The Kier molecular flexibility index (Phi) is 4.88. The van der Waals surface area contributed by atoms with Gasteiger partial charge in [-0.05, 0) is 18.1 Å². The lowest BCUT2D eigenvalue weighted by Crippen LogP contribution is -2.50. The number of halogens is 2. The van der Waals surface area contributed by atoms with Gasteiger partial charge in [-0.1, -0.05) is 55.2 Å². The molecule has 3 amide bonds. The minimum absolute atomic E-state index is 0.302. The average Bonchev–Trinajstić information content (AvgIpc) is 2.66. The molecular weight excluding hydrogens is 327 g/mol. The number of benzene rings is 1. The van der Waals surface area contributed by atoms with Crippen LogP contribution in [0.3, 0.4) is 0 Å². The summed E-state index contributed by atoms with van der Waals surface area (Å²) in [6.07, 6.45) is 0. The fourth-order valence-corrected chi connectivity index (χ4v) is 2.54. The largest absolute Gasteiger partial charge is 0.324 e. The monoisotopic (exact) mass is 340 g/mol. The van der Waals surface area contributed by atoms with Crippen LogP contribution >= 0.6 is 23.2 Å². The first-order valence-corrected chi connectivity index (χ1v) is 7.39. The predicted octanol–water partition coefficient (Wildman–Crippen LogP) is 2.71. The Morgan fingerprint density at radius 3 is 2.00 bits per heavy atom. The molecular formula is C15H14Cl2N2O3. The van der Waals surface area contributed by atoms with E-state index in [1.807, 2.05) is 6.07 Å². The van der Waals surface area contributed by atoms with Crippen molar-refractivity contribution in [3.63, 3.8) is 0 Å². The second-order valence-electron chi connectivity index (χ2n) is 5.15. The topological polar surface area (TPSA) is 66.5 Å². The number of imide groups is 1. The van der Waals surface area contributed by atoms with Crippen LogP contribution in [0, 0.1) is 5.92 Å². The Balaban J connectivity index is 2.27. The van der Waals surface area contributed by atoms with Crippen LogP contribution in [0.25, 0.3) is 0 Å². The van der Waals surface area contributed by atoms with Gasteiger partial charge >= 0.3 is 0 Å². The molecule has 0 saturated carbocycles. The summed E-state index contributed by atoms with van der Waals surface area (Å²) in [4.78, 5) is 37.5. The van der Waals surface area contributed by atoms with Crippen molar-refractivity contribution in [2.45, 2.75) is 19.9 Å². The standard InChI is InChI=1S/C15H14Cl2N2O3/c1-8(2)12(13(20)18-9-6-4-3-5-7-9)19-14(21)10(16)11(17)15(19)22/h3-8,12H,1-2H3,(H,18,20)/t12-/m0/s1. The number of para-hydroxylation sites is 1. The molecule has 5 nitrogen and oxygen atoms in total. The van der Waals surface area contributed by atoms with E-state index in [0.717, 1.165) is 4.90 Å². The fraction of sp³-hybridized carbons (Fsp3) is 0.267. The molecule has 0 radical (unpaired) electrons. The van der Waals surface area contributed by atoms with Crippen LogP contribution in [0.5, 0.6) is 0 Å². The Hall–Kier alpha value is -1.85. The molecule has 116 valence electrons. The van der Waals surface area contributed by atoms with Gasteiger partial charge in [0.2, 0.25) is 5.91 Å². The minimum Gasteiger partial charge on any atom is -0.324 e. The molecule has 0 bridgehead atoms. The van der Waals surface area contributed by atoms with E-state index in [1.165, 1.54) is 0 Å². The van der Waals surface area contributed by atoms with Crippen molar-refractivity contribution in [2.24, 2.45) is 5.92 Å². The van der Waals surface area contributed by atoms with Gasteiger partial charge in [-0.3, -0.25) is 19.3 Å². The van der Waals surface area contributed by atoms with Gasteiger partial charge in [0.25, 0.3) is 11.8 Å². The van der Waals surface area contributed by atoms with Gasteiger partial charge in [0.05, 0.1) is 0 Å². The number of hydrogen-bond acceptors (Lipinski definition) is 3. The van der Waals surface area contributed by atoms with Crippen molar-refractivity contribution >= 4 is 46.6 Å². The van der Waals surface area contributed by atoms with Crippen LogP contribution < -0.4 is 5.32 Å². The molecule has 0 unspecified atom stereocenters. The zero-order valence-corrected chi connectivity index (χ0v) is 13.5. The smallest absolute Gasteiger partial charge is 0.274 e. The van der Waals surface area contributed by atoms with E-state index in [4.69, 9.17) is 23.2 Å². The second kappa shape index (κ2) is 6.50. The number of amides is 3. The van der Waals surface area contributed by atoms with E-state index >= 15 is 0 Å². The Morgan fingerprint density at radius 1 is 1.05 bits per heavy atom. The molecule has 0 spiro atoms.